The largest absolute Gasteiger partial charge is 0.573 e. The summed E-state index contributed by atoms with van der Waals surface area (Å²) >= 11 is 2.96. The van der Waals surface area contributed by atoms with Gasteiger partial charge in [-0.2, -0.15) is 0 Å². The average molecular weight is 339 g/mol. The summed E-state index contributed by atoms with van der Waals surface area (Å²) in [4.78, 5) is 11.4. The van der Waals surface area contributed by atoms with Crippen molar-refractivity contribution in [2.75, 3.05) is 5.32 Å². The number of carbonyl (C=O) groups excluding carboxylic acids is 1. The Morgan fingerprint density at radius 2 is 2.05 bits per heavy atom. The van der Waals surface area contributed by atoms with Crippen molar-refractivity contribution >= 4 is 27.6 Å². The van der Waals surface area contributed by atoms with Crippen molar-refractivity contribution in [2.45, 2.75) is 25.2 Å². The van der Waals surface area contributed by atoms with Gasteiger partial charge in [-0.25, -0.2) is 4.79 Å². The second-order valence-corrected chi connectivity index (χ2v) is 4.92. The lowest BCUT2D eigenvalue weighted by Crippen LogP contribution is -2.30. The molecule has 8 heteroatoms. The Labute approximate surface area is 115 Å². The predicted octanol–water partition coefficient (Wildman–Crippen LogP) is 3.63. The van der Waals surface area contributed by atoms with Gasteiger partial charge in [0.2, 0.25) is 0 Å². The van der Waals surface area contributed by atoms with E-state index < -0.39 is 6.36 Å². The molecule has 0 bridgehead atoms. The van der Waals surface area contributed by atoms with Crippen LogP contribution >= 0.6 is 15.9 Å². The maximum Gasteiger partial charge on any atom is 0.573 e. The SMILES string of the molecule is O=C(Nc1ccc(OC(F)(F)F)c(Br)c1)NC1CC1. The van der Waals surface area contributed by atoms with Crippen LogP contribution in [0.4, 0.5) is 23.7 Å². The molecule has 0 atom stereocenters. The van der Waals surface area contributed by atoms with Gasteiger partial charge >= 0.3 is 12.4 Å². The summed E-state index contributed by atoms with van der Waals surface area (Å²) < 4.78 is 40.1. The number of alkyl halides is 3. The van der Waals surface area contributed by atoms with Crippen molar-refractivity contribution in [3.63, 3.8) is 0 Å². The van der Waals surface area contributed by atoms with E-state index in [0.29, 0.717) is 5.69 Å². The molecule has 0 unspecified atom stereocenters. The number of hydrogen-bond acceptors (Lipinski definition) is 2. The molecular formula is C11H10BrF3N2O2. The summed E-state index contributed by atoms with van der Waals surface area (Å²) in [5.41, 5.74) is 0.375. The summed E-state index contributed by atoms with van der Waals surface area (Å²) in [6.45, 7) is 0. The number of amides is 2. The quantitative estimate of drug-likeness (QED) is 0.884. The molecule has 0 aliphatic heterocycles. The number of ether oxygens (including phenoxy) is 1. The molecule has 0 aromatic heterocycles. The van der Waals surface area contributed by atoms with E-state index >= 15 is 0 Å². The van der Waals surface area contributed by atoms with E-state index in [4.69, 9.17) is 0 Å². The predicted molar refractivity (Wildman–Crippen MR) is 66.0 cm³/mol. The lowest BCUT2D eigenvalue weighted by atomic mass is 10.3. The molecule has 2 rings (SSSR count). The van der Waals surface area contributed by atoms with E-state index in [9.17, 15) is 18.0 Å². The molecule has 0 spiro atoms. The van der Waals surface area contributed by atoms with Crippen molar-refractivity contribution in [3.8, 4) is 5.75 Å². The van der Waals surface area contributed by atoms with Gasteiger partial charge in [-0.3, -0.25) is 0 Å². The number of carbonyl (C=O) groups is 1. The van der Waals surface area contributed by atoms with Crippen LogP contribution in [-0.4, -0.2) is 18.4 Å². The van der Waals surface area contributed by atoms with Crippen LogP contribution in [0.25, 0.3) is 0 Å². The van der Waals surface area contributed by atoms with Crippen molar-refractivity contribution < 1.29 is 22.7 Å². The minimum Gasteiger partial charge on any atom is -0.405 e. The summed E-state index contributed by atoms with van der Waals surface area (Å²) in [7, 11) is 0. The van der Waals surface area contributed by atoms with Crippen molar-refractivity contribution in [3.05, 3.63) is 22.7 Å². The standard InChI is InChI=1S/C11H10BrF3N2O2/c12-8-5-7(17-10(18)16-6-1-2-6)3-4-9(8)19-11(13,14)15/h3-6H,1-2H2,(H2,16,17,18). The first-order chi connectivity index (χ1) is 8.83. The number of urea groups is 1. The van der Waals surface area contributed by atoms with Crippen LogP contribution in [0.2, 0.25) is 0 Å². The molecule has 1 aromatic rings. The third-order valence-electron chi connectivity index (χ3n) is 2.33. The molecule has 2 N–H and O–H groups in total. The Hall–Kier alpha value is -1.44. The second-order valence-electron chi connectivity index (χ2n) is 4.07. The maximum atomic E-state index is 12.1. The molecule has 2 amide bonds. The smallest absolute Gasteiger partial charge is 0.405 e. The van der Waals surface area contributed by atoms with Crippen LogP contribution in [0, 0.1) is 0 Å². The highest BCUT2D eigenvalue weighted by Gasteiger charge is 2.32. The Kier molecular flexibility index (Phi) is 3.88. The fraction of sp³-hybridized carbons (Fsp3) is 0.364. The number of hydrogen-bond donors (Lipinski definition) is 2. The molecule has 19 heavy (non-hydrogen) atoms. The molecule has 4 nitrogen and oxygen atoms in total. The summed E-state index contributed by atoms with van der Waals surface area (Å²) in [6.07, 6.45) is -2.84. The van der Waals surface area contributed by atoms with Gasteiger partial charge in [0.1, 0.15) is 5.75 Å². The molecule has 104 valence electrons. The first kappa shape index (κ1) is 14.0. The van der Waals surface area contributed by atoms with Gasteiger partial charge < -0.3 is 15.4 Å². The van der Waals surface area contributed by atoms with E-state index in [0.717, 1.165) is 18.9 Å². The van der Waals surface area contributed by atoms with Crippen LogP contribution in [0.3, 0.4) is 0 Å². The van der Waals surface area contributed by atoms with E-state index in [1.165, 1.54) is 12.1 Å². The third kappa shape index (κ3) is 4.62. The zero-order chi connectivity index (χ0) is 14.0. The van der Waals surface area contributed by atoms with Crippen molar-refractivity contribution in [1.82, 2.24) is 5.32 Å². The number of anilines is 1. The van der Waals surface area contributed by atoms with Crippen molar-refractivity contribution in [1.29, 1.82) is 0 Å². The van der Waals surface area contributed by atoms with Crippen LogP contribution in [0.1, 0.15) is 12.8 Å². The molecule has 0 radical (unpaired) electrons. The first-order valence-electron chi connectivity index (χ1n) is 5.46. The van der Waals surface area contributed by atoms with Crippen molar-refractivity contribution in [2.24, 2.45) is 0 Å². The Morgan fingerprint density at radius 3 is 2.58 bits per heavy atom. The lowest BCUT2D eigenvalue weighted by Gasteiger charge is -2.12. The normalized spacial score (nSPS) is 14.9. The highest BCUT2D eigenvalue weighted by Crippen LogP contribution is 2.32. The van der Waals surface area contributed by atoms with Crippen LogP contribution in [0.15, 0.2) is 22.7 Å². The monoisotopic (exact) mass is 338 g/mol. The number of benzene rings is 1. The van der Waals surface area contributed by atoms with Crippen LogP contribution in [-0.2, 0) is 0 Å². The van der Waals surface area contributed by atoms with Gasteiger partial charge in [0.15, 0.2) is 0 Å². The van der Waals surface area contributed by atoms with E-state index in [2.05, 4.69) is 31.3 Å². The number of nitrogens with one attached hydrogen (secondary N) is 2. The zero-order valence-electron chi connectivity index (χ0n) is 9.55. The number of rotatable bonds is 3. The molecule has 1 saturated carbocycles. The lowest BCUT2D eigenvalue weighted by molar-refractivity contribution is -0.274. The summed E-state index contributed by atoms with van der Waals surface area (Å²) in [5.74, 6) is -0.361. The van der Waals surface area contributed by atoms with E-state index in [-0.39, 0.29) is 22.3 Å². The molecule has 0 heterocycles. The summed E-state index contributed by atoms with van der Waals surface area (Å²) in [5, 5.41) is 5.23. The van der Waals surface area contributed by atoms with Gasteiger partial charge in [0.25, 0.3) is 0 Å². The molecule has 0 saturated heterocycles. The number of halogens is 4. The molecule has 1 aliphatic rings. The van der Waals surface area contributed by atoms with Gasteiger partial charge in [0, 0.05) is 11.7 Å². The average Bonchev–Trinajstić information content (AvgIpc) is 3.04. The van der Waals surface area contributed by atoms with Crippen LogP contribution in [0.5, 0.6) is 5.75 Å². The highest BCUT2D eigenvalue weighted by atomic mass is 79.9. The van der Waals surface area contributed by atoms with Gasteiger partial charge in [-0.1, -0.05) is 0 Å². The molecule has 1 aromatic carbocycles. The summed E-state index contributed by atoms with van der Waals surface area (Å²) in [6, 6.07) is 3.63. The van der Waals surface area contributed by atoms with E-state index in [1.54, 1.807) is 0 Å². The van der Waals surface area contributed by atoms with E-state index in [1.807, 2.05) is 0 Å². The zero-order valence-corrected chi connectivity index (χ0v) is 11.1. The Morgan fingerprint density at radius 1 is 1.37 bits per heavy atom. The maximum absolute atomic E-state index is 12.1. The second kappa shape index (κ2) is 5.28. The fourth-order valence-corrected chi connectivity index (χ4v) is 1.83. The van der Waals surface area contributed by atoms with Gasteiger partial charge in [-0.05, 0) is 47.0 Å². The third-order valence-corrected chi connectivity index (χ3v) is 2.95. The Balaban J connectivity index is 1.99. The van der Waals surface area contributed by atoms with Gasteiger partial charge in [0.05, 0.1) is 4.47 Å². The van der Waals surface area contributed by atoms with Crippen LogP contribution < -0.4 is 15.4 Å². The minimum atomic E-state index is -4.75. The van der Waals surface area contributed by atoms with Gasteiger partial charge in [-0.15, -0.1) is 13.2 Å². The minimum absolute atomic E-state index is 0.106. The molecule has 1 fully saturated rings. The topological polar surface area (TPSA) is 50.4 Å². The molecule has 1 aliphatic carbocycles. The highest BCUT2D eigenvalue weighted by molar-refractivity contribution is 9.10. The molecular weight excluding hydrogens is 329 g/mol. The fourth-order valence-electron chi connectivity index (χ4n) is 1.37. The first-order valence-corrected chi connectivity index (χ1v) is 6.25. The Bertz CT molecular complexity index is 489.